The lowest BCUT2D eigenvalue weighted by atomic mass is 10.2. The van der Waals surface area contributed by atoms with Gasteiger partial charge in [-0.2, -0.15) is 0 Å². The molecule has 6 heteroatoms. The first-order valence-electron chi connectivity index (χ1n) is 8.19. The Morgan fingerprint density at radius 3 is 2.67 bits per heavy atom. The fourth-order valence-electron chi connectivity index (χ4n) is 2.35. The largest absolute Gasteiger partial charge is 0.360 e. The molecular formula is C18H25N5O. The van der Waals surface area contributed by atoms with Crippen molar-refractivity contribution in [2.45, 2.75) is 33.6 Å². The van der Waals surface area contributed by atoms with Gasteiger partial charge in [0.15, 0.2) is 0 Å². The minimum atomic E-state index is -0.0927. The fraction of sp³-hybridized carbons (Fsp3) is 0.389. The molecule has 2 aromatic rings. The second kappa shape index (κ2) is 8.29. The molecule has 0 aliphatic rings. The number of nitrogens with zero attached hydrogens (tertiary/aromatic N) is 3. The predicted octanol–water partition coefficient (Wildman–Crippen LogP) is 3.72. The smallest absolute Gasteiger partial charge is 0.221 e. The summed E-state index contributed by atoms with van der Waals surface area (Å²) in [5.74, 6) is 2.26. The molecule has 6 nitrogen and oxygen atoms in total. The van der Waals surface area contributed by atoms with E-state index in [4.69, 9.17) is 0 Å². The summed E-state index contributed by atoms with van der Waals surface area (Å²) < 4.78 is 0. The van der Waals surface area contributed by atoms with Gasteiger partial charge in [0.05, 0.1) is 0 Å². The summed E-state index contributed by atoms with van der Waals surface area (Å²) in [6.45, 7) is 6.51. The number of aryl methyl sites for hydroxylation is 1. The Morgan fingerprint density at radius 2 is 1.96 bits per heavy atom. The first-order valence-corrected chi connectivity index (χ1v) is 8.19. The van der Waals surface area contributed by atoms with Crippen LogP contribution in [0.25, 0.3) is 0 Å². The van der Waals surface area contributed by atoms with E-state index in [1.807, 2.05) is 44.3 Å². The first kappa shape index (κ1) is 17.7. The molecule has 0 aliphatic heterocycles. The van der Waals surface area contributed by atoms with Gasteiger partial charge < -0.3 is 15.5 Å². The number of nitrogens with one attached hydrogen (secondary N) is 2. The molecule has 0 atom stereocenters. The van der Waals surface area contributed by atoms with Crippen molar-refractivity contribution >= 4 is 28.9 Å². The number of rotatable bonds is 7. The monoisotopic (exact) mass is 327 g/mol. The molecule has 1 aromatic carbocycles. The molecule has 1 aromatic heterocycles. The normalized spacial score (nSPS) is 10.3. The van der Waals surface area contributed by atoms with E-state index in [2.05, 4.69) is 32.4 Å². The third-order valence-corrected chi connectivity index (χ3v) is 3.52. The van der Waals surface area contributed by atoms with E-state index in [0.717, 1.165) is 48.2 Å². The van der Waals surface area contributed by atoms with Crippen molar-refractivity contribution in [2.24, 2.45) is 0 Å². The Bertz CT molecular complexity index is 702. The van der Waals surface area contributed by atoms with Crippen LogP contribution in [0.5, 0.6) is 0 Å². The van der Waals surface area contributed by atoms with Crippen molar-refractivity contribution in [1.29, 1.82) is 0 Å². The van der Waals surface area contributed by atoms with Crippen LogP contribution < -0.4 is 15.5 Å². The second-order valence-electron chi connectivity index (χ2n) is 5.82. The van der Waals surface area contributed by atoms with E-state index in [1.165, 1.54) is 6.92 Å². The van der Waals surface area contributed by atoms with E-state index in [1.54, 1.807) is 0 Å². The van der Waals surface area contributed by atoms with Crippen LogP contribution in [0.4, 0.5) is 23.0 Å². The summed E-state index contributed by atoms with van der Waals surface area (Å²) in [4.78, 5) is 22.3. The highest BCUT2D eigenvalue weighted by Gasteiger charge is 2.07. The van der Waals surface area contributed by atoms with Crippen LogP contribution >= 0.6 is 0 Å². The lowest BCUT2D eigenvalue weighted by molar-refractivity contribution is -0.114. The molecule has 2 N–H and O–H groups in total. The standard InChI is InChI=1S/C18H25N5O/c1-5-6-10-23(4)18-12-17(19-13(2)20-18)22-16-9-7-8-15(11-16)21-14(3)24/h7-9,11-12H,5-6,10H2,1-4H3,(H,21,24)(H,19,20,22). The SMILES string of the molecule is CCCCN(C)c1cc(Nc2cccc(NC(C)=O)c2)nc(C)n1. The second-order valence-corrected chi connectivity index (χ2v) is 5.82. The van der Waals surface area contributed by atoms with Gasteiger partial charge in [0, 0.05) is 38.0 Å². The first-order chi connectivity index (χ1) is 11.5. The topological polar surface area (TPSA) is 70.2 Å². The van der Waals surface area contributed by atoms with Crippen LogP contribution in [0.3, 0.4) is 0 Å². The summed E-state index contributed by atoms with van der Waals surface area (Å²) in [5.41, 5.74) is 1.61. The van der Waals surface area contributed by atoms with Gasteiger partial charge in [-0.1, -0.05) is 19.4 Å². The number of benzene rings is 1. The van der Waals surface area contributed by atoms with Gasteiger partial charge in [-0.3, -0.25) is 4.79 Å². The zero-order valence-electron chi connectivity index (χ0n) is 14.8. The lowest BCUT2D eigenvalue weighted by Crippen LogP contribution is -2.20. The number of amides is 1. The van der Waals surface area contributed by atoms with Crippen molar-refractivity contribution in [1.82, 2.24) is 9.97 Å². The molecule has 0 spiro atoms. The average Bonchev–Trinajstić information content (AvgIpc) is 2.51. The third kappa shape index (κ3) is 5.22. The number of carbonyl (C=O) groups is 1. The van der Waals surface area contributed by atoms with Crippen LogP contribution in [0.2, 0.25) is 0 Å². The zero-order valence-corrected chi connectivity index (χ0v) is 14.8. The van der Waals surface area contributed by atoms with Crippen LogP contribution in [0.15, 0.2) is 30.3 Å². The highest BCUT2D eigenvalue weighted by molar-refractivity contribution is 5.89. The molecular weight excluding hydrogens is 302 g/mol. The third-order valence-electron chi connectivity index (χ3n) is 3.52. The Labute approximate surface area is 143 Å². The van der Waals surface area contributed by atoms with E-state index >= 15 is 0 Å². The van der Waals surface area contributed by atoms with Gasteiger partial charge in [-0.25, -0.2) is 9.97 Å². The number of anilines is 4. The fourth-order valence-corrected chi connectivity index (χ4v) is 2.35. The Hall–Kier alpha value is -2.63. The number of aromatic nitrogens is 2. The number of unbranched alkanes of at least 4 members (excludes halogenated alkanes) is 1. The highest BCUT2D eigenvalue weighted by Crippen LogP contribution is 2.22. The van der Waals surface area contributed by atoms with Crippen LogP contribution in [-0.2, 0) is 4.79 Å². The maximum absolute atomic E-state index is 11.2. The maximum atomic E-state index is 11.2. The minimum absolute atomic E-state index is 0.0927. The van der Waals surface area contributed by atoms with Gasteiger partial charge in [0.2, 0.25) is 5.91 Å². The van der Waals surface area contributed by atoms with E-state index < -0.39 is 0 Å². The molecule has 1 amide bonds. The van der Waals surface area contributed by atoms with Gasteiger partial charge >= 0.3 is 0 Å². The van der Waals surface area contributed by atoms with Crippen LogP contribution in [0, 0.1) is 6.92 Å². The predicted molar refractivity (Wildman–Crippen MR) is 99.0 cm³/mol. The Balaban J connectivity index is 2.17. The van der Waals surface area contributed by atoms with Crippen molar-refractivity contribution in [2.75, 3.05) is 29.1 Å². The summed E-state index contributed by atoms with van der Waals surface area (Å²) in [7, 11) is 2.04. The molecule has 0 saturated carbocycles. The summed E-state index contributed by atoms with van der Waals surface area (Å²) in [6, 6.07) is 9.48. The molecule has 0 aliphatic carbocycles. The van der Waals surface area contributed by atoms with Crippen molar-refractivity contribution in [3.63, 3.8) is 0 Å². The van der Waals surface area contributed by atoms with E-state index in [9.17, 15) is 4.79 Å². The highest BCUT2D eigenvalue weighted by atomic mass is 16.1. The van der Waals surface area contributed by atoms with E-state index in [-0.39, 0.29) is 5.91 Å². The average molecular weight is 327 g/mol. The minimum Gasteiger partial charge on any atom is -0.360 e. The molecule has 24 heavy (non-hydrogen) atoms. The Morgan fingerprint density at radius 1 is 1.21 bits per heavy atom. The van der Waals surface area contributed by atoms with Gasteiger partial charge in [0.1, 0.15) is 17.5 Å². The molecule has 0 radical (unpaired) electrons. The summed E-state index contributed by atoms with van der Waals surface area (Å²) in [6.07, 6.45) is 2.27. The van der Waals surface area contributed by atoms with Crippen LogP contribution in [0.1, 0.15) is 32.5 Å². The molecule has 0 fully saturated rings. The van der Waals surface area contributed by atoms with Gasteiger partial charge in [0.25, 0.3) is 0 Å². The van der Waals surface area contributed by atoms with Gasteiger partial charge in [-0.05, 0) is 31.5 Å². The summed E-state index contributed by atoms with van der Waals surface area (Å²) in [5, 5.41) is 6.06. The zero-order chi connectivity index (χ0) is 17.5. The molecule has 0 saturated heterocycles. The number of hydrogen-bond acceptors (Lipinski definition) is 5. The molecule has 1 heterocycles. The van der Waals surface area contributed by atoms with Crippen LogP contribution in [-0.4, -0.2) is 29.5 Å². The van der Waals surface area contributed by atoms with Crippen molar-refractivity contribution in [3.8, 4) is 0 Å². The molecule has 128 valence electrons. The van der Waals surface area contributed by atoms with Crippen molar-refractivity contribution < 1.29 is 4.79 Å². The number of carbonyl (C=O) groups excluding carboxylic acids is 1. The molecule has 0 bridgehead atoms. The Kier molecular flexibility index (Phi) is 6.12. The molecule has 0 unspecified atom stereocenters. The quantitative estimate of drug-likeness (QED) is 0.811. The lowest BCUT2D eigenvalue weighted by Gasteiger charge is -2.19. The maximum Gasteiger partial charge on any atom is 0.221 e. The van der Waals surface area contributed by atoms with Crippen molar-refractivity contribution in [3.05, 3.63) is 36.2 Å². The van der Waals surface area contributed by atoms with Gasteiger partial charge in [-0.15, -0.1) is 0 Å². The summed E-state index contributed by atoms with van der Waals surface area (Å²) >= 11 is 0. The molecule has 2 rings (SSSR count). The van der Waals surface area contributed by atoms with E-state index in [0.29, 0.717) is 0 Å². The number of hydrogen-bond donors (Lipinski definition) is 2.